The van der Waals surface area contributed by atoms with Crippen LogP contribution in [0.25, 0.3) is 0 Å². The summed E-state index contributed by atoms with van der Waals surface area (Å²) in [7, 11) is 0. The van der Waals surface area contributed by atoms with E-state index in [1.807, 2.05) is 6.92 Å². The van der Waals surface area contributed by atoms with Crippen molar-refractivity contribution in [3.8, 4) is 0 Å². The first-order valence-corrected chi connectivity index (χ1v) is 7.56. The number of halogens is 3. The Bertz CT molecular complexity index is 532. The molecule has 0 aromatic carbocycles. The fourth-order valence-electron chi connectivity index (χ4n) is 2.53. The Kier molecular flexibility index (Phi) is 5.51. The number of hydrogen-bond acceptors (Lipinski definition) is 4. The van der Waals surface area contributed by atoms with Crippen LogP contribution < -0.4 is 5.32 Å². The molecule has 1 aliphatic rings. The molecular weight excluding hydrogens is 313 g/mol. The van der Waals surface area contributed by atoms with Gasteiger partial charge in [0.2, 0.25) is 0 Å². The van der Waals surface area contributed by atoms with Gasteiger partial charge in [-0.1, -0.05) is 12.1 Å². The standard InChI is InChI=1S/C14H21F3N4O2/c1-3-11-6-12(23-19-11)7-18-13(22)20-4-5-21(10(2)8-20)9-14(15,16)17/h6,10H,3-5,7-9H2,1-2H3,(H,18,22). The molecule has 23 heavy (non-hydrogen) atoms. The average Bonchev–Trinajstić information content (AvgIpc) is 2.93. The van der Waals surface area contributed by atoms with Gasteiger partial charge in [0, 0.05) is 31.7 Å². The maximum atomic E-state index is 12.5. The quantitative estimate of drug-likeness (QED) is 0.915. The van der Waals surface area contributed by atoms with E-state index in [1.54, 1.807) is 13.0 Å². The van der Waals surface area contributed by atoms with Crippen molar-refractivity contribution in [3.05, 3.63) is 17.5 Å². The Morgan fingerprint density at radius 2 is 2.22 bits per heavy atom. The Hall–Kier alpha value is -1.77. The van der Waals surface area contributed by atoms with Crippen molar-refractivity contribution in [1.82, 2.24) is 20.3 Å². The van der Waals surface area contributed by atoms with Crippen molar-refractivity contribution in [2.24, 2.45) is 0 Å². The van der Waals surface area contributed by atoms with Crippen molar-refractivity contribution in [3.63, 3.8) is 0 Å². The smallest absolute Gasteiger partial charge is 0.359 e. The molecule has 9 heteroatoms. The molecule has 1 aliphatic heterocycles. The molecule has 0 saturated carbocycles. The van der Waals surface area contributed by atoms with Crippen LogP contribution in [0.15, 0.2) is 10.6 Å². The van der Waals surface area contributed by atoms with Crippen molar-refractivity contribution in [2.75, 3.05) is 26.2 Å². The van der Waals surface area contributed by atoms with Crippen molar-refractivity contribution < 1.29 is 22.5 Å². The number of nitrogens with one attached hydrogen (secondary N) is 1. The summed E-state index contributed by atoms with van der Waals surface area (Å²) >= 11 is 0. The summed E-state index contributed by atoms with van der Waals surface area (Å²) in [4.78, 5) is 15.0. The number of carbonyl (C=O) groups excluding carboxylic acids is 1. The van der Waals surface area contributed by atoms with Gasteiger partial charge in [-0.05, 0) is 13.3 Å². The van der Waals surface area contributed by atoms with Gasteiger partial charge >= 0.3 is 12.2 Å². The maximum absolute atomic E-state index is 12.5. The van der Waals surface area contributed by atoms with Crippen LogP contribution in [0, 0.1) is 0 Å². The van der Waals surface area contributed by atoms with Gasteiger partial charge < -0.3 is 14.7 Å². The Labute approximate surface area is 132 Å². The highest BCUT2D eigenvalue weighted by molar-refractivity contribution is 5.74. The summed E-state index contributed by atoms with van der Waals surface area (Å²) in [5.41, 5.74) is 0.809. The van der Waals surface area contributed by atoms with E-state index in [2.05, 4.69) is 10.5 Å². The van der Waals surface area contributed by atoms with Gasteiger partial charge in [-0.3, -0.25) is 4.90 Å². The molecule has 1 N–H and O–H groups in total. The van der Waals surface area contributed by atoms with Gasteiger partial charge in [0.15, 0.2) is 5.76 Å². The fourth-order valence-corrected chi connectivity index (χ4v) is 2.53. The van der Waals surface area contributed by atoms with Crippen LogP contribution in [0.2, 0.25) is 0 Å². The van der Waals surface area contributed by atoms with Crippen LogP contribution in [0.4, 0.5) is 18.0 Å². The minimum absolute atomic E-state index is 0.205. The number of rotatable bonds is 4. The molecule has 0 radical (unpaired) electrons. The average molecular weight is 334 g/mol. The lowest BCUT2D eigenvalue weighted by Crippen LogP contribution is -2.57. The van der Waals surface area contributed by atoms with Crippen LogP contribution in [0.1, 0.15) is 25.3 Å². The molecule has 1 unspecified atom stereocenters. The first-order valence-electron chi connectivity index (χ1n) is 7.56. The lowest BCUT2D eigenvalue weighted by Gasteiger charge is -2.39. The van der Waals surface area contributed by atoms with Crippen LogP contribution in [0.3, 0.4) is 0 Å². The highest BCUT2D eigenvalue weighted by Gasteiger charge is 2.35. The number of piperazine rings is 1. The number of carbonyl (C=O) groups is 1. The van der Waals surface area contributed by atoms with Crippen LogP contribution >= 0.6 is 0 Å². The molecule has 2 heterocycles. The van der Waals surface area contributed by atoms with E-state index < -0.39 is 12.7 Å². The first-order chi connectivity index (χ1) is 10.8. The van der Waals surface area contributed by atoms with Gasteiger partial charge in [0.25, 0.3) is 0 Å². The molecule has 0 aliphatic carbocycles. The summed E-state index contributed by atoms with van der Waals surface area (Å²) in [5, 5.41) is 6.53. The maximum Gasteiger partial charge on any atom is 0.401 e. The van der Waals surface area contributed by atoms with E-state index in [0.717, 1.165) is 12.1 Å². The van der Waals surface area contributed by atoms with Crippen LogP contribution in [0.5, 0.6) is 0 Å². The van der Waals surface area contributed by atoms with Crippen molar-refractivity contribution >= 4 is 6.03 Å². The van der Waals surface area contributed by atoms with E-state index in [9.17, 15) is 18.0 Å². The van der Waals surface area contributed by atoms with Crippen LogP contribution in [-0.4, -0.2) is 59.4 Å². The number of urea groups is 1. The second-order valence-corrected chi connectivity index (χ2v) is 5.68. The normalized spacial score (nSPS) is 19.9. The zero-order chi connectivity index (χ0) is 17.0. The van der Waals surface area contributed by atoms with E-state index in [1.165, 1.54) is 9.80 Å². The van der Waals surface area contributed by atoms with Gasteiger partial charge in [-0.2, -0.15) is 13.2 Å². The summed E-state index contributed by atoms with van der Waals surface area (Å²) in [6.45, 7) is 3.64. The largest absolute Gasteiger partial charge is 0.401 e. The number of alkyl halides is 3. The topological polar surface area (TPSA) is 61.6 Å². The van der Waals surface area contributed by atoms with Gasteiger partial charge in [-0.25, -0.2) is 4.79 Å². The summed E-state index contributed by atoms with van der Waals surface area (Å²) in [6.07, 6.45) is -3.47. The van der Waals surface area contributed by atoms with Gasteiger partial charge in [-0.15, -0.1) is 0 Å². The summed E-state index contributed by atoms with van der Waals surface area (Å²) in [6, 6.07) is 1.12. The lowest BCUT2D eigenvalue weighted by molar-refractivity contribution is -0.153. The molecule has 0 bridgehead atoms. The highest BCUT2D eigenvalue weighted by atomic mass is 19.4. The number of amides is 2. The second-order valence-electron chi connectivity index (χ2n) is 5.68. The SMILES string of the molecule is CCc1cc(CNC(=O)N2CCN(CC(F)(F)F)C(C)C2)on1. The van der Waals surface area contributed by atoms with Crippen molar-refractivity contribution in [2.45, 2.75) is 39.0 Å². The molecule has 6 nitrogen and oxygen atoms in total. The zero-order valence-corrected chi connectivity index (χ0v) is 13.2. The number of aryl methyl sites for hydroxylation is 1. The summed E-state index contributed by atoms with van der Waals surface area (Å²) in [5.74, 6) is 0.555. The summed E-state index contributed by atoms with van der Waals surface area (Å²) < 4.78 is 42.4. The minimum atomic E-state index is -4.22. The lowest BCUT2D eigenvalue weighted by atomic mass is 10.2. The third-order valence-electron chi connectivity index (χ3n) is 3.82. The molecule has 1 atom stereocenters. The number of nitrogens with zero attached hydrogens (tertiary/aromatic N) is 3. The molecule has 1 fully saturated rings. The van der Waals surface area contributed by atoms with E-state index in [4.69, 9.17) is 4.52 Å². The molecule has 2 rings (SSSR count). The fraction of sp³-hybridized carbons (Fsp3) is 0.714. The molecule has 130 valence electrons. The number of hydrogen-bond donors (Lipinski definition) is 1. The molecular formula is C14H21F3N4O2. The predicted octanol–water partition coefficient (Wildman–Crippen LogP) is 2.02. The van der Waals surface area contributed by atoms with Gasteiger partial charge in [0.05, 0.1) is 18.8 Å². The van der Waals surface area contributed by atoms with Crippen molar-refractivity contribution in [1.29, 1.82) is 0 Å². The predicted molar refractivity (Wildman–Crippen MR) is 76.8 cm³/mol. The van der Waals surface area contributed by atoms with E-state index in [0.29, 0.717) is 5.76 Å². The monoisotopic (exact) mass is 334 g/mol. The van der Waals surface area contributed by atoms with E-state index in [-0.39, 0.29) is 38.3 Å². The first kappa shape index (κ1) is 17.6. The molecule has 2 amide bonds. The Morgan fingerprint density at radius 1 is 1.48 bits per heavy atom. The Morgan fingerprint density at radius 3 is 2.78 bits per heavy atom. The highest BCUT2D eigenvalue weighted by Crippen LogP contribution is 2.20. The van der Waals surface area contributed by atoms with Crippen LogP contribution in [-0.2, 0) is 13.0 Å². The third kappa shape index (κ3) is 5.12. The van der Waals surface area contributed by atoms with Gasteiger partial charge in [0.1, 0.15) is 0 Å². The molecule has 1 aromatic rings. The third-order valence-corrected chi connectivity index (χ3v) is 3.82. The number of aromatic nitrogens is 1. The Balaban J connectivity index is 1.80. The molecule has 1 saturated heterocycles. The molecule has 1 aromatic heterocycles. The second kappa shape index (κ2) is 7.20. The van der Waals surface area contributed by atoms with E-state index >= 15 is 0 Å². The molecule has 0 spiro atoms. The zero-order valence-electron chi connectivity index (χ0n) is 13.2. The minimum Gasteiger partial charge on any atom is -0.359 e.